The Morgan fingerprint density at radius 1 is 1.00 bits per heavy atom. The molecule has 0 saturated heterocycles. The van der Waals surface area contributed by atoms with Crippen molar-refractivity contribution in [2.24, 2.45) is 7.05 Å². The second kappa shape index (κ2) is 10.0. The highest BCUT2D eigenvalue weighted by molar-refractivity contribution is 6.09. The molecule has 0 spiro atoms. The van der Waals surface area contributed by atoms with Gasteiger partial charge in [-0.05, 0) is 42.7 Å². The molecule has 1 aliphatic rings. The summed E-state index contributed by atoms with van der Waals surface area (Å²) in [5.41, 5.74) is 3.79. The summed E-state index contributed by atoms with van der Waals surface area (Å²) in [5, 5.41) is 8.64. The van der Waals surface area contributed by atoms with Crippen LogP contribution in [0.3, 0.4) is 0 Å². The molecule has 1 aliphatic heterocycles. The predicted molar refractivity (Wildman–Crippen MR) is 137 cm³/mol. The summed E-state index contributed by atoms with van der Waals surface area (Å²) in [4.78, 5) is 43.2. The number of carbonyl (C=O) groups is 3. The largest absolute Gasteiger partial charge is 0.346 e. The number of hydrogen-bond donors (Lipinski definition) is 3. The summed E-state index contributed by atoms with van der Waals surface area (Å²) in [7, 11) is 1.94. The minimum absolute atomic E-state index is 0.0734. The molecular formula is C28H27N5O3. The number of nitrogens with one attached hydrogen (secondary N) is 3. The van der Waals surface area contributed by atoms with Crippen LogP contribution in [0.5, 0.6) is 0 Å². The van der Waals surface area contributed by atoms with Gasteiger partial charge in [-0.15, -0.1) is 0 Å². The topological polar surface area (TPSA) is 105 Å². The van der Waals surface area contributed by atoms with E-state index < -0.39 is 6.04 Å². The normalized spacial score (nSPS) is 16.0. The molecule has 8 nitrogen and oxygen atoms in total. The van der Waals surface area contributed by atoms with E-state index in [4.69, 9.17) is 4.98 Å². The van der Waals surface area contributed by atoms with Crippen molar-refractivity contribution in [1.29, 1.82) is 0 Å². The zero-order chi connectivity index (χ0) is 25.1. The first kappa shape index (κ1) is 23.3. The number of hydrogen-bond acceptors (Lipinski definition) is 4. The van der Waals surface area contributed by atoms with Gasteiger partial charge in [0.1, 0.15) is 11.9 Å². The first-order valence-corrected chi connectivity index (χ1v) is 11.9. The maximum Gasteiger partial charge on any atom is 0.254 e. The molecule has 0 saturated carbocycles. The van der Waals surface area contributed by atoms with Crippen LogP contribution in [0.4, 0.5) is 5.69 Å². The van der Waals surface area contributed by atoms with Gasteiger partial charge < -0.3 is 20.5 Å². The summed E-state index contributed by atoms with van der Waals surface area (Å²) in [6, 6.07) is 23.5. The second-order valence-electron chi connectivity index (χ2n) is 8.93. The standard InChI is InChI=1S/C28H27N5O3/c1-33-24-14-8-7-13-21(24)30-26(33)23(17-18-9-3-2-4-10-18)29-25(34)16-15-22-28(36)31-20-12-6-5-11-19(20)27(35)32-22/h2-14,22-23H,15-17H2,1H3,(H,29,34)(H,31,36)(H,32,35)/t22-,23-/m1/s1. The highest BCUT2D eigenvalue weighted by Crippen LogP contribution is 2.23. The van der Waals surface area contributed by atoms with Gasteiger partial charge in [-0.25, -0.2) is 4.98 Å². The first-order chi connectivity index (χ1) is 17.5. The summed E-state index contributed by atoms with van der Waals surface area (Å²) >= 11 is 0. The van der Waals surface area contributed by atoms with E-state index in [1.807, 2.05) is 66.2 Å². The average Bonchev–Trinajstić information content (AvgIpc) is 3.17. The van der Waals surface area contributed by atoms with E-state index in [0.717, 1.165) is 22.4 Å². The number of amides is 3. The molecule has 36 heavy (non-hydrogen) atoms. The van der Waals surface area contributed by atoms with Crippen molar-refractivity contribution in [1.82, 2.24) is 20.2 Å². The Hall–Kier alpha value is -4.46. The molecule has 1 aromatic heterocycles. The van der Waals surface area contributed by atoms with Crippen LogP contribution in [0, 0.1) is 0 Å². The molecule has 0 unspecified atom stereocenters. The van der Waals surface area contributed by atoms with Crippen molar-refractivity contribution in [3.63, 3.8) is 0 Å². The van der Waals surface area contributed by atoms with Crippen molar-refractivity contribution < 1.29 is 14.4 Å². The average molecular weight is 482 g/mol. The second-order valence-corrected chi connectivity index (χ2v) is 8.93. The maximum atomic E-state index is 13.1. The van der Waals surface area contributed by atoms with Gasteiger partial charge in [0.05, 0.1) is 28.3 Å². The van der Waals surface area contributed by atoms with Gasteiger partial charge >= 0.3 is 0 Å². The van der Waals surface area contributed by atoms with Crippen molar-refractivity contribution >= 4 is 34.4 Å². The Bertz CT molecular complexity index is 1430. The minimum atomic E-state index is -0.807. The van der Waals surface area contributed by atoms with E-state index in [-0.39, 0.29) is 36.6 Å². The lowest BCUT2D eigenvalue weighted by molar-refractivity contribution is -0.122. The summed E-state index contributed by atoms with van der Waals surface area (Å²) in [6.07, 6.45) is 0.821. The maximum absolute atomic E-state index is 13.1. The molecule has 0 radical (unpaired) electrons. The van der Waals surface area contributed by atoms with Crippen LogP contribution in [0.2, 0.25) is 0 Å². The highest BCUT2D eigenvalue weighted by atomic mass is 16.2. The Labute approximate surface area is 208 Å². The fraction of sp³-hybridized carbons (Fsp3) is 0.214. The molecule has 4 aromatic rings. The molecule has 5 rings (SSSR count). The SMILES string of the molecule is Cn1c([C@@H](Cc2ccccc2)NC(=O)CC[C@H]2NC(=O)c3ccccc3NC2=O)nc2ccccc21. The van der Waals surface area contributed by atoms with Crippen molar-refractivity contribution in [2.75, 3.05) is 5.32 Å². The van der Waals surface area contributed by atoms with Crippen molar-refractivity contribution in [2.45, 2.75) is 31.3 Å². The first-order valence-electron chi connectivity index (χ1n) is 11.9. The van der Waals surface area contributed by atoms with Crippen LogP contribution in [0.15, 0.2) is 78.9 Å². The van der Waals surface area contributed by atoms with E-state index in [9.17, 15) is 14.4 Å². The van der Waals surface area contributed by atoms with Crippen molar-refractivity contribution in [3.8, 4) is 0 Å². The van der Waals surface area contributed by atoms with Gasteiger partial charge in [0, 0.05) is 13.5 Å². The number of rotatable bonds is 7. The number of aryl methyl sites for hydroxylation is 1. The number of fused-ring (bicyclic) bond motifs is 2. The van der Waals surface area contributed by atoms with Gasteiger partial charge in [0.2, 0.25) is 11.8 Å². The lowest BCUT2D eigenvalue weighted by Crippen LogP contribution is -2.42. The van der Waals surface area contributed by atoms with Gasteiger partial charge in [0.25, 0.3) is 5.91 Å². The zero-order valence-electron chi connectivity index (χ0n) is 19.9. The van der Waals surface area contributed by atoms with Crippen LogP contribution in [-0.2, 0) is 23.1 Å². The van der Waals surface area contributed by atoms with E-state index in [0.29, 0.717) is 17.7 Å². The molecule has 8 heteroatoms. The molecule has 0 fully saturated rings. The third kappa shape index (κ3) is 4.84. The molecule has 182 valence electrons. The predicted octanol–water partition coefficient (Wildman–Crippen LogP) is 3.50. The number of anilines is 1. The molecular weight excluding hydrogens is 454 g/mol. The van der Waals surface area contributed by atoms with E-state index in [2.05, 4.69) is 16.0 Å². The van der Waals surface area contributed by atoms with E-state index >= 15 is 0 Å². The Morgan fingerprint density at radius 2 is 1.72 bits per heavy atom. The van der Waals surface area contributed by atoms with Gasteiger partial charge in [-0.2, -0.15) is 0 Å². The lowest BCUT2D eigenvalue weighted by atomic mass is 10.0. The van der Waals surface area contributed by atoms with Gasteiger partial charge in [-0.3, -0.25) is 14.4 Å². The van der Waals surface area contributed by atoms with E-state index in [1.54, 1.807) is 24.3 Å². The molecule has 2 heterocycles. The number of aromatic nitrogens is 2. The van der Waals surface area contributed by atoms with Gasteiger partial charge in [-0.1, -0.05) is 54.6 Å². The van der Waals surface area contributed by atoms with Crippen molar-refractivity contribution in [3.05, 3.63) is 95.8 Å². The number of para-hydroxylation sites is 3. The number of nitrogens with zero attached hydrogens (tertiary/aromatic N) is 2. The summed E-state index contributed by atoms with van der Waals surface area (Å²) in [6.45, 7) is 0. The third-order valence-corrected chi connectivity index (χ3v) is 6.46. The number of imidazole rings is 1. The molecule has 0 bridgehead atoms. The molecule has 0 aliphatic carbocycles. The number of carbonyl (C=O) groups excluding carboxylic acids is 3. The highest BCUT2D eigenvalue weighted by Gasteiger charge is 2.28. The Kier molecular flexibility index (Phi) is 6.49. The number of benzene rings is 3. The van der Waals surface area contributed by atoms with Gasteiger partial charge in [0.15, 0.2) is 0 Å². The lowest BCUT2D eigenvalue weighted by Gasteiger charge is -2.20. The monoisotopic (exact) mass is 481 g/mol. The quantitative estimate of drug-likeness (QED) is 0.376. The smallest absolute Gasteiger partial charge is 0.254 e. The summed E-state index contributed by atoms with van der Waals surface area (Å²) in [5.74, 6) is -0.135. The molecule has 2 atom stereocenters. The molecule has 3 aromatic carbocycles. The third-order valence-electron chi connectivity index (χ3n) is 6.46. The Morgan fingerprint density at radius 3 is 2.53 bits per heavy atom. The fourth-order valence-electron chi connectivity index (χ4n) is 4.59. The van der Waals surface area contributed by atoms with Crippen LogP contribution >= 0.6 is 0 Å². The van der Waals surface area contributed by atoms with Crippen LogP contribution in [-0.4, -0.2) is 33.3 Å². The van der Waals surface area contributed by atoms with Crippen LogP contribution in [0.1, 0.15) is 40.6 Å². The zero-order valence-corrected chi connectivity index (χ0v) is 19.9. The van der Waals surface area contributed by atoms with E-state index in [1.165, 1.54) is 0 Å². The fourth-order valence-corrected chi connectivity index (χ4v) is 4.59. The van der Waals surface area contributed by atoms with Crippen LogP contribution in [0.25, 0.3) is 11.0 Å². The molecule has 3 N–H and O–H groups in total. The minimum Gasteiger partial charge on any atom is -0.346 e. The van der Waals surface area contributed by atoms with Crippen LogP contribution < -0.4 is 16.0 Å². The molecule has 3 amide bonds. The summed E-state index contributed by atoms with van der Waals surface area (Å²) < 4.78 is 2.00. The Balaban J connectivity index is 1.31.